The van der Waals surface area contributed by atoms with Gasteiger partial charge in [-0.1, -0.05) is 0 Å². The number of hydrogen-bond donors (Lipinski definition) is 1. The molecule has 0 unspecified atom stereocenters. The predicted octanol–water partition coefficient (Wildman–Crippen LogP) is 1.01. The van der Waals surface area contributed by atoms with Gasteiger partial charge in [-0.3, -0.25) is 14.9 Å². The highest BCUT2D eigenvalue weighted by Crippen LogP contribution is 2.26. The van der Waals surface area contributed by atoms with Gasteiger partial charge in [0.1, 0.15) is 0 Å². The van der Waals surface area contributed by atoms with Crippen LogP contribution < -0.4 is 5.56 Å². The van der Waals surface area contributed by atoms with E-state index in [1.807, 2.05) is 0 Å². The highest BCUT2D eigenvalue weighted by Gasteiger charge is 2.32. The molecule has 1 heterocycles. The van der Waals surface area contributed by atoms with E-state index in [1.165, 1.54) is 0 Å². The molecule has 7 nitrogen and oxygen atoms in total. The molecule has 0 fully saturated rings. The Balaban J connectivity index is 3.68. The van der Waals surface area contributed by atoms with Crippen LogP contribution in [0.15, 0.2) is 11.0 Å². The zero-order valence-corrected chi connectivity index (χ0v) is 8.40. The molecular formula is C8H6F2N2O5. The van der Waals surface area contributed by atoms with Crippen LogP contribution in [0.4, 0.5) is 14.5 Å². The molecule has 0 aliphatic rings. The second-order valence-corrected chi connectivity index (χ2v) is 2.85. The van der Waals surface area contributed by atoms with Gasteiger partial charge in [0.15, 0.2) is 5.56 Å². The number of methoxy groups -OCH3 is 1. The summed E-state index contributed by atoms with van der Waals surface area (Å²) in [6.45, 7) is 0. The summed E-state index contributed by atoms with van der Waals surface area (Å²) in [5, 5.41) is 10.6. The normalized spacial score (nSPS) is 10.4. The van der Waals surface area contributed by atoms with Crippen molar-refractivity contribution in [2.75, 3.05) is 7.11 Å². The Kier molecular flexibility index (Phi) is 3.51. The largest absolute Gasteiger partial charge is 0.465 e. The van der Waals surface area contributed by atoms with Crippen LogP contribution in [-0.2, 0) is 4.74 Å². The van der Waals surface area contributed by atoms with Crippen LogP contribution in [0, 0.1) is 10.1 Å². The van der Waals surface area contributed by atoms with Gasteiger partial charge < -0.3 is 9.72 Å². The summed E-state index contributed by atoms with van der Waals surface area (Å²) in [5.74, 6) is -1.36. The van der Waals surface area contributed by atoms with E-state index < -0.39 is 39.7 Å². The maximum Gasteiger partial charge on any atom is 0.348 e. The summed E-state index contributed by atoms with van der Waals surface area (Å²) in [4.78, 5) is 33.5. The fraction of sp³-hybridized carbons (Fsp3) is 0.250. The van der Waals surface area contributed by atoms with Crippen LogP contribution in [0.5, 0.6) is 0 Å². The third-order valence-corrected chi connectivity index (χ3v) is 1.91. The molecule has 1 rings (SSSR count). The van der Waals surface area contributed by atoms with E-state index in [9.17, 15) is 28.5 Å². The van der Waals surface area contributed by atoms with Crippen molar-refractivity contribution in [2.45, 2.75) is 6.43 Å². The van der Waals surface area contributed by atoms with Gasteiger partial charge in [-0.05, 0) is 0 Å². The molecule has 92 valence electrons. The number of pyridine rings is 1. The molecule has 0 atom stereocenters. The van der Waals surface area contributed by atoms with Crippen molar-refractivity contribution in [2.24, 2.45) is 0 Å². The molecule has 1 aromatic rings. The second-order valence-electron chi connectivity index (χ2n) is 2.85. The Labute approximate surface area is 92.2 Å². The summed E-state index contributed by atoms with van der Waals surface area (Å²) in [6.07, 6.45) is -2.61. The van der Waals surface area contributed by atoms with Crippen molar-refractivity contribution in [1.29, 1.82) is 0 Å². The van der Waals surface area contributed by atoms with Crippen LogP contribution >= 0.6 is 0 Å². The monoisotopic (exact) mass is 248 g/mol. The molecule has 0 spiro atoms. The van der Waals surface area contributed by atoms with Gasteiger partial charge in [0.05, 0.1) is 17.6 Å². The Bertz CT molecular complexity index is 525. The first-order valence-electron chi connectivity index (χ1n) is 4.16. The van der Waals surface area contributed by atoms with Crippen LogP contribution in [0.2, 0.25) is 0 Å². The molecule has 0 aliphatic heterocycles. The summed E-state index contributed by atoms with van der Waals surface area (Å²) < 4.78 is 29.2. The van der Waals surface area contributed by atoms with Crippen LogP contribution in [0.25, 0.3) is 0 Å². The minimum absolute atomic E-state index is 0.548. The minimum atomic E-state index is -3.15. The number of ether oxygens (including phenoxy) is 1. The number of halogens is 2. The van der Waals surface area contributed by atoms with Gasteiger partial charge in [-0.15, -0.1) is 0 Å². The van der Waals surface area contributed by atoms with E-state index in [-0.39, 0.29) is 0 Å². The first kappa shape index (κ1) is 12.7. The topological polar surface area (TPSA) is 102 Å². The van der Waals surface area contributed by atoms with E-state index >= 15 is 0 Å². The lowest BCUT2D eigenvalue weighted by molar-refractivity contribution is -0.386. The molecule has 0 saturated carbocycles. The van der Waals surface area contributed by atoms with Gasteiger partial charge in [-0.2, -0.15) is 0 Å². The zero-order valence-electron chi connectivity index (χ0n) is 8.40. The lowest BCUT2D eigenvalue weighted by Crippen LogP contribution is -2.20. The van der Waals surface area contributed by atoms with Gasteiger partial charge >= 0.3 is 17.2 Å². The smallest absolute Gasteiger partial charge is 0.348 e. The van der Waals surface area contributed by atoms with E-state index in [0.29, 0.717) is 6.20 Å². The number of H-pyrrole nitrogens is 1. The first-order chi connectivity index (χ1) is 7.90. The molecule has 0 amide bonds. The number of aromatic amines is 1. The van der Waals surface area contributed by atoms with E-state index in [1.54, 1.807) is 4.98 Å². The minimum Gasteiger partial charge on any atom is -0.465 e. The van der Waals surface area contributed by atoms with Crippen molar-refractivity contribution in [3.8, 4) is 0 Å². The van der Waals surface area contributed by atoms with Gasteiger partial charge in [-0.25, -0.2) is 13.6 Å². The number of alkyl halides is 2. The number of aromatic nitrogens is 1. The van der Waals surface area contributed by atoms with E-state index in [0.717, 1.165) is 7.11 Å². The van der Waals surface area contributed by atoms with Crippen molar-refractivity contribution < 1.29 is 23.2 Å². The maximum atomic E-state index is 12.5. The van der Waals surface area contributed by atoms with Gasteiger partial charge in [0.25, 0.3) is 6.43 Å². The van der Waals surface area contributed by atoms with Gasteiger partial charge in [0, 0.05) is 6.20 Å². The fourth-order valence-corrected chi connectivity index (χ4v) is 1.20. The number of hydrogen-bond acceptors (Lipinski definition) is 5. The summed E-state index contributed by atoms with van der Waals surface area (Å²) >= 11 is 0. The van der Waals surface area contributed by atoms with Crippen molar-refractivity contribution in [3.05, 3.63) is 37.8 Å². The number of nitrogens with zero attached hydrogens (tertiary/aromatic N) is 1. The van der Waals surface area contributed by atoms with Crippen molar-refractivity contribution >= 4 is 11.7 Å². The Morgan fingerprint density at radius 3 is 2.59 bits per heavy atom. The summed E-state index contributed by atoms with van der Waals surface area (Å²) in [5.41, 5.74) is -4.49. The molecule has 1 N–H and O–H groups in total. The average Bonchev–Trinajstić information content (AvgIpc) is 2.26. The first-order valence-corrected chi connectivity index (χ1v) is 4.16. The quantitative estimate of drug-likeness (QED) is 0.488. The lowest BCUT2D eigenvalue weighted by Gasteiger charge is -2.06. The molecular weight excluding hydrogens is 242 g/mol. The predicted molar refractivity (Wildman–Crippen MR) is 50.0 cm³/mol. The Morgan fingerprint density at radius 2 is 2.18 bits per heavy atom. The number of carbonyl (C=O) groups is 1. The number of nitrogens with one attached hydrogen (secondary N) is 1. The molecule has 17 heavy (non-hydrogen) atoms. The Morgan fingerprint density at radius 1 is 1.59 bits per heavy atom. The van der Waals surface area contributed by atoms with Crippen LogP contribution in [0.3, 0.4) is 0 Å². The lowest BCUT2D eigenvalue weighted by atomic mass is 10.1. The standard InChI is InChI=1S/C8H6F2N2O5/c1-17-8(14)4-3(6(9)10)2-11-7(13)5(4)12(15)16/h2,6H,1H3,(H,11,13). The zero-order chi connectivity index (χ0) is 13.2. The number of carbonyl (C=O) groups excluding carboxylic acids is 1. The van der Waals surface area contributed by atoms with E-state index in [4.69, 9.17) is 0 Å². The highest BCUT2D eigenvalue weighted by molar-refractivity contribution is 5.95. The number of nitro groups is 1. The summed E-state index contributed by atoms with van der Waals surface area (Å²) in [7, 11) is 0.864. The third kappa shape index (κ3) is 2.27. The molecule has 0 aromatic carbocycles. The van der Waals surface area contributed by atoms with E-state index in [2.05, 4.69) is 4.74 Å². The SMILES string of the molecule is COC(=O)c1c(C(F)F)c[nH]c(=O)c1[N+](=O)[O-]. The molecule has 0 saturated heterocycles. The van der Waals surface area contributed by atoms with Crippen molar-refractivity contribution in [3.63, 3.8) is 0 Å². The fourth-order valence-electron chi connectivity index (χ4n) is 1.20. The van der Waals surface area contributed by atoms with Crippen LogP contribution in [-0.4, -0.2) is 23.0 Å². The third-order valence-electron chi connectivity index (χ3n) is 1.91. The highest BCUT2D eigenvalue weighted by atomic mass is 19.3. The number of esters is 1. The summed E-state index contributed by atoms with van der Waals surface area (Å²) in [6, 6.07) is 0. The molecule has 0 aliphatic carbocycles. The van der Waals surface area contributed by atoms with Crippen LogP contribution in [0.1, 0.15) is 22.3 Å². The molecule has 0 bridgehead atoms. The molecule has 0 radical (unpaired) electrons. The maximum absolute atomic E-state index is 12.5. The average molecular weight is 248 g/mol. The molecule has 1 aromatic heterocycles. The number of rotatable bonds is 3. The van der Waals surface area contributed by atoms with Gasteiger partial charge in [0.2, 0.25) is 0 Å². The Hall–Kier alpha value is -2.32. The molecule has 9 heteroatoms. The second kappa shape index (κ2) is 4.68. The van der Waals surface area contributed by atoms with Crippen molar-refractivity contribution in [1.82, 2.24) is 4.98 Å².